The topological polar surface area (TPSA) is 66.2 Å². The normalized spacial score (nSPS) is 14.8. The van der Waals surface area contributed by atoms with Gasteiger partial charge in [-0.3, -0.25) is 4.79 Å². The summed E-state index contributed by atoms with van der Waals surface area (Å²) in [6, 6.07) is 10.9. The number of rotatable bonds is 3. The molecular weight excluding hydrogens is 309 g/mol. The first-order valence-electron chi connectivity index (χ1n) is 7.72. The molecule has 1 aromatic carbocycles. The van der Waals surface area contributed by atoms with Crippen molar-refractivity contribution >= 4 is 11.6 Å². The Balaban J connectivity index is 1.96. The van der Waals surface area contributed by atoms with Crippen LogP contribution in [-0.4, -0.2) is 30.1 Å². The second-order valence-electron chi connectivity index (χ2n) is 5.54. The van der Waals surface area contributed by atoms with Crippen LogP contribution in [-0.2, 0) is 4.74 Å². The van der Waals surface area contributed by atoms with Gasteiger partial charge in [-0.05, 0) is 43.2 Å². The standard InChI is InChI=1S/C18H16FN3O2/c19-14-2-1-3-16(10-14)22(15-6-8-24-9-7-15)18(23)17-5-4-13(11-20)12-21-17/h1-5,10,12,15H,6-9H2. The maximum atomic E-state index is 13.6. The molecule has 2 aromatic rings. The first-order chi connectivity index (χ1) is 11.7. The summed E-state index contributed by atoms with van der Waals surface area (Å²) in [6.07, 6.45) is 2.72. The highest BCUT2D eigenvalue weighted by Gasteiger charge is 2.29. The molecule has 5 nitrogen and oxygen atoms in total. The second kappa shape index (κ2) is 7.20. The lowest BCUT2D eigenvalue weighted by atomic mass is 10.0. The molecule has 6 heteroatoms. The van der Waals surface area contributed by atoms with Crippen LogP contribution in [0.2, 0.25) is 0 Å². The van der Waals surface area contributed by atoms with Crippen molar-refractivity contribution in [3.05, 3.63) is 59.7 Å². The van der Waals surface area contributed by atoms with E-state index in [4.69, 9.17) is 10.00 Å². The van der Waals surface area contributed by atoms with Gasteiger partial charge in [0.2, 0.25) is 0 Å². The minimum absolute atomic E-state index is 0.0782. The van der Waals surface area contributed by atoms with E-state index in [1.807, 2.05) is 6.07 Å². The van der Waals surface area contributed by atoms with Gasteiger partial charge in [-0.25, -0.2) is 9.37 Å². The third kappa shape index (κ3) is 3.42. The summed E-state index contributed by atoms with van der Waals surface area (Å²) in [4.78, 5) is 18.6. The van der Waals surface area contributed by atoms with E-state index in [1.54, 1.807) is 23.1 Å². The SMILES string of the molecule is N#Cc1ccc(C(=O)N(c2cccc(F)c2)C2CCOCC2)nc1. The van der Waals surface area contributed by atoms with Gasteiger partial charge in [0.05, 0.1) is 5.56 Å². The zero-order chi connectivity index (χ0) is 16.9. The van der Waals surface area contributed by atoms with Crippen LogP contribution in [0, 0.1) is 17.1 Å². The molecule has 1 fully saturated rings. The fourth-order valence-corrected chi connectivity index (χ4v) is 2.77. The fourth-order valence-electron chi connectivity index (χ4n) is 2.77. The minimum Gasteiger partial charge on any atom is -0.381 e. The highest BCUT2D eigenvalue weighted by atomic mass is 19.1. The Labute approximate surface area is 139 Å². The molecule has 0 N–H and O–H groups in total. The smallest absolute Gasteiger partial charge is 0.277 e. The molecule has 0 atom stereocenters. The molecule has 0 radical (unpaired) electrons. The predicted molar refractivity (Wildman–Crippen MR) is 86.0 cm³/mol. The average molecular weight is 325 g/mol. The van der Waals surface area contributed by atoms with Crippen molar-refractivity contribution in [3.8, 4) is 6.07 Å². The van der Waals surface area contributed by atoms with Crippen molar-refractivity contribution in [1.29, 1.82) is 5.26 Å². The minimum atomic E-state index is -0.398. The number of carbonyl (C=O) groups is 1. The van der Waals surface area contributed by atoms with E-state index in [9.17, 15) is 9.18 Å². The van der Waals surface area contributed by atoms with Gasteiger partial charge in [0.25, 0.3) is 5.91 Å². The first kappa shape index (κ1) is 16.1. The molecule has 0 unspecified atom stereocenters. The first-order valence-corrected chi connectivity index (χ1v) is 7.72. The Hall–Kier alpha value is -2.78. The molecule has 1 saturated heterocycles. The number of nitrogens with zero attached hydrogens (tertiary/aromatic N) is 3. The molecule has 0 bridgehead atoms. The van der Waals surface area contributed by atoms with Gasteiger partial charge in [-0.15, -0.1) is 0 Å². The van der Waals surface area contributed by atoms with Gasteiger partial charge in [0.1, 0.15) is 17.6 Å². The molecular formula is C18H16FN3O2. The maximum absolute atomic E-state index is 13.6. The Kier molecular flexibility index (Phi) is 4.82. The van der Waals surface area contributed by atoms with Crippen LogP contribution < -0.4 is 4.90 Å². The Morgan fingerprint density at radius 3 is 2.71 bits per heavy atom. The van der Waals surface area contributed by atoms with E-state index >= 15 is 0 Å². The summed E-state index contributed by atoms with van der Waals surface area (Å²) in [5, 5.41) is 8.85. The van der Waals surface area contributed by atoms with E-state index in [0.29, 0.717) is 37.3 Å². The molecule has 0 aliphatic carbocycles. The van der Waals surface area contributed by atoms with Crippen LogP contribution >= 0.6 is 0 Å². The molecule has 1 aliphatic rings. The quantitative estimate of drug-likeness (QED) is 0.870. The van der Waals surface area contributed by atoms with Crippen molar-refractivity contribution < 1.29 is 13.9 Å². The predicted octanol–water partition coefficient (Wildman–Crippen LogP) is 2.92. The van der Waals surface area contributed by atoms with Crippen LogP contribution in [0.4, 0.5) is 10.1 Å². The van der Waals surface area contributed by atoms with Crippen LogP contribution in [0.15, 0.2) is 42.6 Å². The van der Waals surface area contributed by atoms with Crippen LogP contribution in [0.1, 0.15) is 28.9 Å². The molecule has 2 heterocycles. The Bertz CT molecular complexity index is 765. The number of aromatic nitrogens is 1. The summed E-state index contributed by atoms with van der Waals surface area (Å²) in [7, 11) is 0. The number of carbonyl (C=O) groups excluding carboxylic acids is 1. The molecule has 1 aromatic heterocycles. The van der Waals surface area contributed by atoms with Crippen LogP contribution in [0.25, 0.3) is 0 Å². The van der Waals surface area contributed by atoms with E-state index in [-0.39, 0.29) is 17.6 Å². The van der Waals surface area contributed by atoms with Gasteiger partial charge in [-0.2, -0.15) is 5.26 Å². The van der Waals surface area contributed by atoms with E-state index in [1.165, 1.54) is 24.4 Å². The van der Waals surface area contributed by atoms with Gasteiger partial charge >= 0.3 is 0 Å². The number of pyridine rings is 1. The second-order valence-corrected chi connectivity index (χ2v) is 5.54. The highest BCUT2D eigenvalue weighted by molar-refractivity contribution is 6.05. The number of hydrogen-bond donors (Lipinski definition) is 0. The van der Waals surface area contributed by atoms with Gasteiger partial charge < -0.3 is 9.64 Å². The van der Waals surface area contributed by atoms with Crippen molar-refractivity contribution in [2.75, 3.05) is 18.1 Å². The maximum Gasteiger partial charge on any atom is 0.277 e. The number of ether oxygens (including phenoxy) is 1. The van der Waals surface area contributed by atoms with E-state index in [2.05, 4.69) is 4.98 Å². The molecule has 122 valence electrons. The number of halogens is 1. The van der Waals surface area contributed by atoms with Crippen molar-refractivity contribution in [2.45, 2.75) is 18.9 Å². The Morgan fingerprint density at radius 2 is 2.08 bits per heavy atom. The van der Waals surface area contributed by atoms with Gasteiger partial charge in [-0.1, -0.05) is 6.07 Å². The number of nitriles is 1. The molecule has 1 amide bonds. The van der Waals surface area contributed by atoms with Crippen molar-refractivity contribution in [3.63, 3.8) is 0 Å². The summed E-state index contributed by atoms with van der Waals surface area (Å²) >= 11 is 0. The third-order valence-electron chi connectivity index (χ3n) is 3.97. The zero-order valence-electron chi connectivity index (χ0n) is 13.0. The summed E-state index contributed by atoms with van der Waals surface area (Å²) in [5.41, 5.74) is 1.11. The average Bonchev–Trinajstić information content (AvgIpc) is 2.63. The number of benzene rings is 1. The summed E-state index contributed by atoms with van der Waals surface area (Å²) in [6.45, 7) is 1.12. The third-order valence-corrected chi connectivity index (χ3v) is 3.97. The molecule has 1 aliphatic heterocycles. The fraction of sp³-hybridized carbons (Fsp3) is 0.278. The van der Waals surface area contributed by atoms with E-state index in [0.717, 1.165) is 0 Å². The largest absolute Gasteiger partial charge is 0.381 e. The number of amides is 1. The molecule has 0 spiro atoms. The lowest BCUT2D eigenvalue weighted by Gasteiger charge is -2.34. The summed E-state index contributed by atoms with van der Waals surface area (Å²) in [5.74, 6) is -0.706. The molecule has 0 saturated carbocycles. The highest BCUT2D eigenvalue weighted by Crippen LogP contribution is 2.25. The summed E-state index contributed by atoms with van der Waals surface area (Å²) < 4.78 is 19.0. The lowest BCUT2D eigenvalue weighted by Crippen LogP contribution is -2.44. The van der Waals surface area contributed by atoms with Crippen molar-refractivity contribution in [1.82, 2.24) is 4.98 Å². The molecule has 3 rings (SSSR count). The van der Waals surface area contributed by atoms with Crippen LogP contribution in [0.5, 0.6) is 0 Å². The lowest BCUT2D eigenvalue weighted by molar-refractivity contribution is 0.0770. The van der Waals surface area contributed by atoms with E-state index < -0.39 is 5.82 Å². The molecule has 24 heavy (non-hydrogen) atoms. The number of anilines is 1. The van der Waals surface area contributed by atoms with Crippen LogP contribution in [0.3, 0.4) is 0 Å². The van der Waals surface area contributed by atoms with Crippen molar-refractivity contribution in [2.24, 2.45) is 0 Å². The van der Waals surface area contributed by atoms with Gasteiger partial charge in [0, 0.05) is 31.1 Å². The monoisotopic (exact) mass is 325 g/mol. The Morgan fingerprint density at radius 1 is 1.29 bits per heavy atom. The zero-order valence-corrected chi connectivity index (χ0v) is 13.0. The van der Waals surface area contributed by atoms with Gasteiger partial charge in [0.15, 0.2) is 0 Å². The number of hydrogen-bond acceptors (Lipinski definition) is 4.